The normalized spacial score (nSPS) is 26.7. The number of sulfonamides is 1. The average molecular weight is 338 g/mol. The highest BCUT2D eigenvalue weighted by Crippen LogP contribution is 2.38. The minimum Gasteiger partial charge on any atom is -0.342 e. The van der Waals surface area contributed by atoms with E-state index in [9.17, 15) is 13.2 Å². The lowest BCUT2D eigenvalue weighted by atomic mass is 9.77. The van der Waals surface area contributed by atoms with Gasteiger partial charge in [-0.05, 0) is 19.3 Å². The molecule has 2 aliphatic heterocycles. The summed E-state index contributed by atoms with van der Waals surface area (Å²) in [6.45, 7) is 1.23. The van der Waals surface area contributed by atoms with E-state index in [1.54, 1.807) is 23.6 Å². The molecule has 0 saturated carbocycles. The number of carbonyl (C=O) groups excluding carboxylic acids is 1. The zero-order chi connectivity index (χ0) is 16.7. The van der Waals surface area contributed by atoms with Crippen LogP contribution in [-0.2, 0) is 21.9 Å². The summed E-state index contributed by atoms with van der Waals surface area (Å²) in [6, 6.07) is 0. The van der Waals surface area contributed by atoms with Gasteiger partial charge in [0.1, 0.15) is 0 Å². The Hall–Kier alpha value is -1.67. The van der Waals surface area contributed by atoms with E-state index in [0.717, 1.165) is 6.42 Å². The van der Waals surface area contributed by atoms with E-state index in [1.807, 2.05) is 12.2 Å². The van der Waals surface area contributed by atoms with Crippen LogP contribution in [0.3, 0.4) is 0 Å². The summed E-state index contributed by atoms with van der Waals surface area (Å²) >= 11 is 0. The van der Waals surface area contributed by atoms with Crippen LogP contribution in [0, 0.1) is 5.41 Å². The van der Waals surface area contributed by atoms with Crippen molar-refractivity contribution in [1.82, 2.24) is 18.8 Å². The van der Waals surface area contributed by atoms with Crippen molar-refractivity contribution in [2.24, 2.45) is 12.5 Å². The second-order valence-corrected chi connectivity index (χ2v) is 8.35. The largest absolute Gasteiger partial charge is 0.342 e. The third-order valence-electron chi connectivity index (χ3n) is 4.68. The molecule has 23 heavy (non-hydrogen) atoms. The molecular weight excluding hydrogens is 316 g/mol. The van der Waals surface area contributed by atoms with Gasteiger partial charge in [-0.15, -0.1) is 0 Å². The first-order chi connectivity index (χ1) is 10.8. The molecule has 1 aromatic rings. The van der Waals surface area contributed by atoms with Gasteiger partial charge in [0.05, 0.1) is 11.7 Å². The highest BCUT2D eigenvalue weighted by molar-refractivity contribution is 7.89. The zero-order valence-electron chi connectivity index (χ0n) is 13.5. The lowest BCUT2D eigenvalue weighted by Gasteiger charge is -2.41. The molecule has 1 saturated heterocycles. The number of aromatic nitrogens is 2. The Balaban J connectivity index is 1.91. The van der Waals surface area contributed by atoms with E-state index in [2.05, 4.69) is 4.98 Å². The van der Waals surface area contributed by atoms with E-state index in [-0.39, 0.29) is 17.5 Å². The van der Waals surface area contributed by atoms with Crippen molar-refractivity contribution >= 4 is 15.9 Å². The molecule has 0 aliphatic carbocycles. The molecular formula is C15H22N4O3S. The zero-order valence-corrected chi connectivity index (χ0v) is 14.3. The summed E-state index contributed by atoms with van der Waals surface area (Å²) < 4.78 is 28.6. The van der Waals surface area contributed by atoms with Gasteiger partial charge >= 0.3 is 0 Å². The molecule has 0 N–H and O–H groups in total. The summed E-state index contributed by atoms with van der Waals surface area (Å²) in [6.07, 6.45) is 8.92. The third-order valence-corrected chi connectivity index (χ3v) is 6.41. The van der Waals surface area contributed by atoms with Crippen LogP contribution in [0.5, 0.6) is 0 Å². The van der Waals surface area contributed by atoms with Crippen LogP contribution in [0.4, 0.5) is 0 Å². The molecule has 0 unspecified atom stereocenters. The molecule has 3 heterocycles. The van der Waals surface area contributed by atoms with E-state index in [1.165, 1.54) is 16.8 Å². The van der Waals surface area contributed by atoms with Crippen molar-refractivity contribution in [3.05, 3.63) is 24.7 Å². The van der Waals surface area contributed by atoms with Crippen molar-refractivity contribution in [3.63, 3.8) is 0 Å². The Kier molecular flexibility index (Phi) is 4.05. The fourth-order valence-electron chi connectivity index (χ4n) is 3.41. The molecule has 1 atom stereocenters. The molecule has 3 rings (SSSR count). The lowest BCUT2D eigenvalue weighted by Crippen LogP contribution is -2.53. The number of allylic oxidation sites excluding steroid dienone is 1. The third kappa shape index (κ3) is 2.81. The van der Waals surface area contributed by atoms with Gasteiger partial charge in [-0.1, -0.05) is 12.2 Å². The monoisotopic (exact) mass is 338 g/mol. The molecule has 0 radical (unpaired) electrons. The Labute approximate surface area is 136 Å². The van der Waals surface area contributed by atoms with E-state index < -0.39 is 15.4 Å². The van der Waals surface area contributed by atoms with Crippen LogP contribution in [-0.4, -0.2) is 59.8 Å². The molecule has 1 fully saturated rings. The number of rotatable bonds is 2. The van der Waals surface area contributed by atoms with Gasteiger partial charge in [-0.3, -0.25) is 4.79 Å². The molecule has 7 nitrogen and oxygen atoms in total. The summed E-state index contributed by atoms with van der Waals surface area (Å²) in [4.78, 5) is 18.4. The maximum atomic E-state index is 12.8. The van der Waals surface area contributed by atoms with Crippen LogP contribution in [0.25, 0.3) is 0 Å². The van der Waals surface area contributed by atoms with Crippen LogP contribution in [0.15, 0.2) is 29.7 Å². The minimum absolute atomic E-state index is 0.0309. The number of nitrogens with zero attached hydrogens (tertiary/aromatic N) is 4. The quantitative estimate of drug-likeness (QED) is 0.741. The number of piperidine rings is 1. The number of imidazole rings is 1. The van der Waals surface area contributed by atoms with Crippen molar-refractivity contribution in [2.45, 2.75) is 24.3 Å². The average Bonchev–Trinajstić information content (AvgIpc) is 2.93. The fraction of sp³-hybridized carbons (Fsp3) is 0.600. The van der Waals surface area contributed by atoms with E-state index >= 15 is 0 Å². The van der Waals surface area contributed by atoms with E-state index in [4.69, 9.17) is 0 Å². The van der Waals surface area contributed by atoms with Crippen molar-refractivity contribution in [2.75, 3.05) is 26.7 Å². The second kappa shape index (κ2) is 5.76. The van der Waals surface area contributed by atoms with Gasteiger partial charge in [0, 0.05) is 39.9 Å². The molecule has 2 aliphatic rings. The topological polar surface area (TPSA) is 75.5 Å². The standard InChI is InChI=1S/C15H22N4O3S/c1-17-10-13(16-12-17)23(21,22)19-9-5-7-15(11-19)6-3-4-8-18(2)14(15)20/h3-4,10,12H,5-9,11H2,1-2H3/t15-/m1/s1. The Bertz CT molecular complexity index is 740. The first-order valence-electron chi connectivity index (χ1n) is 7.74. The smallest absolute Gasteiger partial charge is 0.262 e. The van der Waals surface area contributed by atoms with Gasteiger partial charge in [0.15, 0.2) is 5.03 Å². The molecule has 126 valence electrons. The van der Waals surface area contributed by atoms with Gasteiger partial charge < -0.3 is 9.47 Å². The van der Waals surface area contributed by atoms with Crippen LogP contribution in [0.1, 0.15) is 19.3 Å². The van der Waals surface area contributed by atoms with Crippen LogP contribution >= 0.6 is 0 Å². The molecule has 1 aromatic heterocycles. The Morgan fingerprint density at radius 3 is 2.74 bits per heavy atom. The summed E-state index contributed by atoms with van der Waals surface area (Å²) in [5, 5.41) is 0.0435. The van der Waals surface area contributed by atoms with Crippen LogP contribution < -0.4 is 0 Å². The molecule has 0 aromatic carbocycles. The van der Waals surface area contributed by atoms with Crippen molar-refractivity contribution in [1.29, 1.82) is 0 Å². The van der Waals surface area contributed by atoms with Crippen LogP contribution in [0.2, 0.25) is 0 Å². The second-order valence-electron chi connectivity index (χ2n) is 6.46. The molecule has 8 heteroatoms. The van der Waals surface area contributed by atoms with Gasteiger partial charge in [-0.2, -0.15) is 4.31 Å². The summed E-state index contributed by atoms with van der Waals surface area (Å²) in [7, 11) is -0.159. The predicted molar refractivity (Wildman–Crippen MR) is 85.0 cm³/mol. The summed E-state index contributed by atoms with van der Waals surface area (Å²) in [5.74, 6) is 0.0309. The molecule has 1 spiro atoms. The molecule has 0 bridgehead atoms. The number of aryl methyl sites for hydroxylation is 1. The first kappa shape index (κ1) is 16.2. The summed E-state index contributed by atoms with van der Waals surface area (Å²) in [5.41, 5.74) is -0.651. The highest BCUT2D eigenvalue weighted by atomic mass is 32.2. The fourth-order valence-corrected chi connectivity index (χ4v) is 4.94. The minimum atomic E-state index is -3.66. The number of hydrogen-bond donors (Lipinski definition) is 0. The SMILES string of the molecule is CN1CC=CC[C@]2(CCCN(S(=O)(=O)c3cn(C)cn3)C2)C1=O. The number of likely N-dealkylation sites (N-methyl/N-ethyl adjacent to an activating group) is 1. The number of carbonyl (C=O) groups is 1. The first-order valence-corrected chi connectivity index (χ1v) is 9.18. The molecule has 1 amide bonds. The number of amides is 1. The maximum absolute atomic E-state index is 12.8. The van der Waals surface area contributed by atoms with Gasteiger partial charge in [0.25, 0.3) is 10.0 Å². The van der Waals surface area contributed by atoms with Gasteiger partial charge in [0.2, 0.25) is 5.91 Å². The van der Waals surface area contributed by atoms with E-state index in [0.29, 0.717) is 25.9 Å². The van der Waals surface area contributed by atoms with Gasteiger partial charge in [-0.25, -0.2) is 13.4 Å². The Morgan fingerprint density at radius 2 is 2.04 bits per heavy atom. The lowest BCUT2D eigenvalue weighted by molar-refractivity contribution is -0.142. The Morgan fingerprint density at radius 1 is 1.26 bits per heavy atom. The predicted octanol–water partition coefficient (Wildman–Crippen LogP) is 0.609. The number of hydrogen-bond acceptors (Lipinski definition) is 4. The highest BCUT2D eigenvalue weighted by Gasteiger charge is 2.46. The van der Waals surface area contributed by atoms with Crippen molar-refractivity contribution < 1.29 is 13.2 Å². The maximum Gasteiger partial charge on any atom is 0.262 e. The van der Waals surface area contributed by atoms with Crippen molar-refractivity contribution in [3.8, 4) is 0 Å².